The first kappa shape index (κ1) is 20.4. The Labute approximate surface area is 180 Å². The van der Waals surface area contributed by atoms with Crippen LogP contribution in [0.1, 0.15) is 34.1 Å². The molecule has 8 heteroatoms. The number of hydrogen-bond donors (Lipinski definition) is 2. The van der Waals surface area contributed by atoms with Crippen LogP contribution in [0.15, 0.2) is 36.5 Å². The van der Waals surface area contributed by atoms with Crippen LogP contribution in [0, 0.1) is 11.8 Å². The Kier molecular flexibility index (Phi) is 5.34. The summed E-state index contributed by atoms with van der Waals surface area (Å²) in [6.45, 7) is 2.36. The zero-order valence-electron chi connectivity index (χ0n) is 17.3. The van der Waals surface area contributed by atoms with Crippen LogP contribution in [0.3, 0.4) is 0 Å². The van der Waals surface area contributed by atoms with E-state index in [1.54, 1.807) is 17.2 Å². The lowest BCUT2D eigenvalue weighted by Crippen LogP contribution is -2.56. The minimum Gasteiger partial charge on any atom is -0.497 e. The van der Waals surface area contributed by atoms with E-state index in [2.05, 4.69) is 27.5 Å². The van der Waals surface area contributed by atoms with E-state index < -0.39 is 17.5 Å². The first-order valence-corrected chi connectivity index (χ1v) is 10.0. The maximum Gasteiger partial charge on any atom is 0.323 e. The molecule has 3 heterocycles. The molecule has 0 unspecified atom stereocenters. The third-order valence-corrected chi connectivity index (χ3v) is 5.46. The van der Waals surface area contributed by atoms with Crippen LogP contribution in [-0.2, 0) is 17.6 Å². The van der Waals surface area contributed by atoms with Gasteiger partial charge in [0.1, 0.15) is 5.75 Å². The van der Waals surface area contributed by atoms with Gasteiger partial charge in [-0.15, -0.1) is 0 Å². The smallest absolute Gasteiger partial charge is 0.323 e. The number of benzene rings is 1. The Bertz CT molecular complexity index is 1120. The lowest BCUT2D eigenvalue weighted by Gasteiger charge is -2.33. The number of carbonyl (C=O) groups is 3. The Morgan fingerprint density at radius 3 is 2.71 bits per heavy atom. The molecule has 1 aromatic heterocycles. The Morgan fingerprint density at radius 1 is 1.23 bits per heavy atom. The van der Waals surface area contributed by atoms with Crippen LogP contribution in [-0.4, -0.2) is 53.5 Å². The molecule has 2 N–H and O–H groups in total. The van der Waals surface area contributed by atoms with Gasteiger partial charge in [0, 0.05) is 29.6 Å². The molecule has 1 aromatic carbocycles. The van der Waals surface area contributed by atoms with Crippen molar-refractivity contribution in [1.29, 1.82) is 0 Å². The number of methoxy groups -OCH3 is 1. The molecule has 8 nitrogen and oxygen atoms in total. The molecule has 31 heavy (non-hydrogen) atoms. The van der Waals surface area contributed by atoms with Crippen LogP contribution < -0.4 is 15.4 Å². The third-order valence-electron chi connectivity index (χ3n) is 5.46. The highest BCUT2D eigenvalue weighted by molar-refractivity contribution is 6.10. The summed E-state index contributed by atoms with van der Waals surface area (Å²) in [5.74, 6) is 5.59. The van der Waals surface area contributed by atoms with E-state index >= 15 is 0 Å². The van der Waals surface area contributed by atoms with Crippen LogP contribution in [0.4, 0.5) is 4.79 Å². The third kappa shape index (κ3) is 3.94. The van der Waals surface area contributed by atoms with Crippen molar-refractivity contribution in [3.05, 3.63) is 58.9 Å². The predicted molar refractivity (Wildman–Crippen MR) is 112 cm³/mol. The van der Waals surface area contributed by atoms with Gasteiger partial charge in [0.2, 0.25) is 5.54 Å². The number of rotatable bonds is 4. The van der Waals surface area contributed by atoms with Gasteiger partial charge in [-0.05, 0) is 42.7 Å². The molecule has 2 aliphatic rings. The summed E-state index contributed by atoms with van der Waals surface area (Å²) in [4.78, 5) is 43.6. The molecule has 1 saturated heterocycles. The highest BCUT2D eigenvalue weighted by atomic mass is 16.5. The summed E-state index contributed by atoms with van der Waals surface area (Å²) in [7, 11) is 1.54. The standard InChI is InChI=1S/C23H22N4O4/c1-3-17-6-4-15(13-24-17)8-10-23(21(29)25-22(30)26-23)14-27-11-9-16-5-7-18(31-2)12-19(16)20(27)28/h4-7,12-13H,3,9,11,14H2,1-2H3,(H2,25,26,29,30)/t23-/m1/s1. The number of hydrogen-bond acceptors (Lipinski definition) is 5. The van der Waals surface area contributed by atoms with E-state index in [4.69, 9.17) is 4.74 Å². The molecule has 0 saturated carbocycles. The lowest BCUT2D eigenvalue weighted by molar-refractivity contribution is -0.122. The summed E-state index contributed by atoms with van der Waals surface area (Å²) >= 11 is 0. The van der Waals surface area contributed by atoms with Crippen molar-refractivity contribution in [1.82, 2.24) is 20.5 Å². The van der Waals surface area contributed by atoms with E-state index in [0.29, 0.717) is 29.8 Å². The van der Waals surface area contributed by atoms with Crippen molar-refractivity contribution < 1.29 is 19.1 Å². The van der Waals surface area contributed by atoms with Gasteiger partial charge in [0.25, 0.3) is 11.8 Å². The summed E-state index contributed by atoms with van der Waals surface area (Å²) in [6, 6.07) is 8.42. The number of urea groups is 1. The zero-order chi connectivity index (χ0) is 22.0. The quantitative estimate of drug-likeness (QED) is 0.576. The molecular formula is C23H22N4O4. The number of carbonyl (C=O) groups excluding carboxylic acids is 3. The van der Waals surface area contributed by atoms with Gasteiger partial charge in [0.05, 0.1) is 13.7 Å². The normalized spacial score (nSPS) is 19.8. The first-order valence-electron chi connectivity index (χ1n) is 10.0. The van der Waals surface area contributed by atoms with Crippen LogP contribution in [0.25, 0.3) is 0 Å². The average molecular weight is 418 g/mol. The second kappa shape index (κ2) is 8.11. The fourth-order valence-corrected chi connectivity index (χ4v) is 3.68. The number of amides is 4. The highest BCUT2D eigenvalue weighted by Gasteiger charge is 2.47. The summed E-state index contributed by atoms with van der Waals surface area (Å²) in [5.41, 5.74) is 1.46. The number of ether oxygens (including phenoxy) is 1. The fourth-order valence-electron chi connectivity index (χ4n) is 3.68. The van der Waals surface area contributed by atoms with E-state index in [9.17, 15) is 14.4 Å². The topological polar surface area (TPSA) is 101 Å². The van der Waals surface area contributed by atoms with Crippen LogP contribution in [0.5, 0.6) is 5.75 Å². The molecule has 0 aliphatic carbocycles. The minimum absolute atomic E-state index is 0.0620. The molecule has 1 atom stereocenters. The minimum atomic E-state index is -1.54. The highest BCUT2D eigenvalue weighted by Crippen LogP contribution is 2.25. The van der Waals surface area contributed by atoms with Crippen molar-refractivity contribution in [2.75, 3.05) is 20.2 Å². The van der Waals surface area contributed by atoms with Crippen molar-refractivity contribution in [2.24, 2.45) is 0 Å². The average Bonchev–Trinajstić information content (AvgIpc) is 3.07. The van der Waals surface area contributed by atoms with Crippen molar-refractivity contribution >= 4 is 17.8 Å². The summed E-state index contributed by atoms with van der Waals surface area (Å²) in [6.07, 6.45) is 3.06. The van der Waals surface area contributed by atoms with E-state index in [0.717, 1.165) is 17.7 Å². The van der Waals surface area contributed by atoms with E-state index in [-0.39, 0.29) is 12.5 Å². The Balaban J connectivity index is 1.63. The van der Waals surface area contributed by atoms with Crippen molar-refractivity contribution in [3.8, 4) is 17.6 Å². The van der Waals surface area contributed by atoms with E-state index in [1.165, 1.54) is 7.11 Å². The van der Waals surface area contributed by atoms with Gasteiger partial charge in [-0.3, -0.25) is 19.9 Å². The van der Waals surface area contributed by atoms with Gasteiger partial charge in [-0.1, -0.05) is 24.8 Å². The Hall–Kier alpha value is -3.86. The molecular weight excluding hydrogens is 396 g/mol. The maximum absolute atomic E-state index is 13.1. The van der Waals surface area contributed by atoms with Gasteiger partial charge in [0.15, 0.2) is 0 Å². The van der Waals surface area contributed by atoms with Gasteiger partial charge in [-0.2, -0.15) is 0 Å². The zero-order valence-corrected chi connectivity index (χ0v) is 17.3. The molecule has 0 radical (unpaired) electrons. The van der Waals surface area contributed by atoms with Crippen molar-refractivity contribution in [3.63, 3.8) is 0 Å². The lowest BCUT2D eigenvalue weighted by atomic mass is 9.94. The first-order chi connectivity index (χ1) is 14.9. The molecule has 2 aliphatic heterocycles. The van der Waals surface area contributed by atoms with Crippen LogP contribution in [0.2, 0.25) is 0 Å². The molecule has 2 aromatic rings. The van der Waals surface area contributed by atoms with Gasteiger partial charge >= 0.3 is 6.03 Å². The second-order valence-electron chi connectivity index (χ2n) is 7.46. The number of aryl methyl sites for hydroxylation is 1. The molecule has 1 fully saturated rings. The summed E-state index contributed by atoms with van der Waals surface area (Å²) < 4.78 is 5.23. The predicted octanol–water partition coefficient (Wildman–Crippen LogP) is 1.28. The number of fused-ring (bicyclic) bond motifs is 1. The number of aromatic nitrogens is 1. The number of nitrogens with zero attached hydrogens (tertiary/aromatic N) is 2. The Morgan fingerprint density at radius 2 is 2.06 bits per heavy atom. The second-order valence-corrected chi connectivity index (χ2v) is 7.46. The fraction of sp³-hybridized carbons (Fsp3) is 0.304. The van der Waals surface area contributed by atoms with Crippen LogP contribution >= 0.6 is 0 Å². The number of pyridine rings is 1. The molecule has 0 spiro atoms. The largest absolute Gasteiger partial charge is 0.497 e. The molecule has 0 bridgehead atoms. The molecule has 4 amide bonds. The molecule has 4 rings (SSSR count). The maximum atomic E-state index is 13.1. The van der Waals surface area contributed by atoms with E-state index in [1.807, 2.05) is 31.2 Å². The summed E-state index contributed by atoms with van der Waals surface area (Å²) in [5, 5.41) is 4.85. The number of imide groups is 1. The van der Waals surface area contributed by atoms with Gasteiger partial charge < -0.3 is 15.0 Å². The molecule has 158 valence electrons. The monoisotopic (exact) mass is 418 g/mol. The SMILES string of the molecule is CCc1ccc(C#C[C@]2(CN3CCc4ccc(OC)cc4C3=O)NC(=O)NC2=O)cn1. The van der Waals surface area contributed by atoms with Gasteiger partial charge in [-0.25, -0.2) is 4.79 Å². The van der Waals surface area contributed by atoms with Crippen molar-refractivity contribution in [2.45, 2.75) is 25.3 Å². The number of nitrogens with one attached hydrogen (secondary N) is 2.